The van der Waals surface area contributed by atoms with E-state index in [0.717, 1.165) is 12.8 Å². The molecule has 1 heterocycles. The summed E-state index contributed by atoms with van der Waals surface area (Å²) < 4.78 is 28.3. The van der Waals surface area contributed by atoms with E-state index in [2.05, 4.69) is 5.09 Å². The summed E-state index contributed by atoms with van der Waals surface area (Å²) >= 11 is 0. The maximum atomic E-state index is 12.4. The Kier molecular flexibility index (Phi) is 7.76. The molecule has 0 amide bonds. The van der Waals surface area contributed by atoms with Crippen molar-refractivity contribution < 1.29 is 18.3 Å². The van der Waals surface area contributed by atoms with Crippen molar-refractivity contribution in [3.63, 3.8) is 0 Å². The predicted molar refractivity (Wildman–Crippen MR) is 71.5 cm³/mol. The van der Waals surface area contributed by atoms with E-state index < -0.39 is 7.75 Å². The molecule has 0 aromatic carbocycles. The highest BCUT2D eigenvalue weighted by atomic mass is 31.2. The van der Waals surface area contributed by atoms with Crippen molar-refractivity contribution >= 4 is 7.75 Å². The van der Waals surface area contributed by atoms with Crippen LogP contribution in [0.4, 0.5) is 0 Å². The van der Waals surface area contributed by atoms with E-state index in [1.54, 1.807) is 0 Å². The quantitative estimate of drug-likeness (QED) is 0.513. The van der Waals surface area contributed by atoms with Crippen LogP contribution < -0.4 is 5.09 Å². The largest absolute Gasteiger partial charge is 0.405 e. The van der Waals surface area contributed by atoms with Gasteiger partial charge in [0.15, 0.2) is 0 Å². The van der Waals surface area contributed by atoms with Gasteiger partial charge in [-0.25, -0.2) is 9.65 Å². The molecule has 1 aliphatic rings. The van der Waals surface area contributed by atoms with Crippen molar-refractivity contribution in [2.75, 3.05) is 19.8 Å². The molecule has 2 atom stereocenters. The first-order valence-corrected chi connectivity index (χ1v) is 8.17. The predicted octanol–water partition coefficient (Wildman–Crippen LogP) is 2.11. The molecule has 1 saturated heterocycles. The van der Waals surface area contributed by atoms with Crippen molar-refractivity contribution in [3.8, 4) is 12.1 Å². The smallest absolute Gasteiger partial charge is 0.374 e. The van der Waals surface area contributed by atoms with Gasteiger partial charge < -0.3 is 4.74 Å². The average Bonchev–Trinajstić information content (AvgIpc) is 2.83. The van der Waals surface area contributed by atoms with Crippen LogP contribution in [0.3, 0.4) is 0 Å². The van der Waals surface area contributed by atoms with Gasteiger partial charge in [0.2, 0.25) is 0 Å². The zero-order valence-corrected chi connectivity index (χ0v) is 12.5. The van der Waals surface area contributed by atoms with Gasteiger partial charge in [-0.2, -0.15) is 10.5 Å². The van der Waals surface area contributed by atoms with E-state index in [-0.39, 0.29) is 38.3 Å². The molecule has 112 valence electrons. The normalized spacial score (nSPS) is 22.4. The van der Waals surface area contributed by atoms with Crippen molar-refractivity contribution in [2.24, 2.45) is 0 Å². The van der Waals surface area contributed by atoms with Gasteiger partial charge in [0.05, 0.1) is 50.4 Å². The highest BCUT2D eigenvalue weighted by molar-refractivity contribution is 7.51. The molecule has 0 radical (unpaired) electrons. The maximum Gasteiger partial charge on any atom is 0.405 e. The zero-order valence-electron chi connectivity index (χ0n) is 11.6. The third-order valence-electron chi connectivity index (χ3n) is 2.78. The van der Waals surface area contributed by atoms with E-state index in [9.17, 15) is 4.57 Å². The summed E-state index contributed by atoms with van der Waals surface area (Å²) in [6, 6.07) is 3.81. The Balaban J connectivity index is 2.42. The lowest BCUT2D eigenvalue weighted by atomic mass is 10.2. The Morgan fingerprint density at radius 1 is 1.25 bits per heavy atom. The van der Waals surface area contributed by atoms with Crippen LogP contribution in [0.25, 0.3) is 0 Å². The molecular weight excluding hydrogens is 281 g/mol. The zero-order chi connectivity index (χ0) is 14.8. The second-order valence-electron chi connectivity index (χ2n) is 4.49. The number of nitrogens with zero attached hydrogens (tertiary/aromatic N) is 2. The van der Waals surface area contributed by atoms with Gasteiger partial charge in [-0.05, 0) is 19.8 Å². The molecule has 0 spiro atoms. The Labute approximate surface area is 119 Å². The number of nitriles is 2. The Hall–Kier alpha value is -0.950. The van der Waals surface area contributed by atoms with Crippen molar-refractivity contribution in [1.82, 2.24) is 5.09 Å². The summed E-state index contributed by atoms with van der Waals surface area (Å²) in [4.78, 5) is 0. The minimum atomic E-state index is -3.48. The van der Waals surface area contributed by atoms with Crippen molar-refractivity contribution in [3.05, 3.63) is 0 Å². The molecule has 0 saturated carbocycles. The SMILES string of the molecule is C[C@H]1CC[C@@H](CNP(=O)(OCCC#N)OCCC#N)O1. The lowest BCUT2D eigenvalue weighted by Gasteiger charge is -2.20. The third-order valence-corrected chi connectivity index (χ3v) is 4.40. The molecular formula is C12H20N3O4P. The Morgan fingerprint density at radius 2 is 1.85 bits per heavy atom. The van der Waals surface area contributed by atoms with Crippen LogP contribution in [0.2, 0.25) is 0 Å². The van der Waals surface area contributed by atoms with E-state index in [1.165, 1.54) is 0 Å². The van der Waals surface area contributed by atoms with Crippen LogP contribution >= 0.6 is 7.75 Å². The summed E-state index contributed by atoms with van der Waals surface area (Å²) in [6.07, 6.45) is 2.32. The van der Waals surface area contributed by atoms with Crippen LogP contribution in [0.15, 0.2) is 0 Å². The summed E-state index contributed by atoms with van der Waals surface area (Å²) in [7, 11) is -3.48. The van der Waals surface area contributed by atoms with E-state index >= 15 is 0 Å². The molecule has 0 aromatic rings. The number of nitrogens with one attached hydrogen (secondary N) is 1. The van der Waals surface area contributed by atoms with Gasteiger partial charge in [-0.3, -0.25) is 9.05 Å². The van der Waals surface area contributed by atoms with Gasteiger partial charge in [-0.1, -0.05) is 0 Å². The maximum absolute atomic E-state index is 12.4. The minimum absolute atomic E-state index is 0.0162. The molecule has 1 N–H and O–H groups in total. The van der Waals surface area contributed by atoms with E-state index in [1.807, 2.05) is 19.1 Å². The summed E-state index contributed by atoms with van der Waals surface area (Å²) in [5.41, 5.74) is 0. The molecule has 1 rings (SSSR count). The first-order chi connectivity index (χ1) is 9.59. The molecule has 0 bridgehead atoms. The average molecular weight is 301 g/mol. The minimum Gasteiger partial charge on any atom is -0.374 e. The number of hydrogen-bond donors (Lipinski definition) is 1. The fourth-order valence-corrected chi connectivity index (χ4v) is 3.15. The second kappa shape index (κ2) is 9.07. The fourth-order valence-electron chi connectivity index (χ4n) is 1.80. The van der Waals surface area contributed by atoms with E-state index in [0.29, 0.717) is 6.54 Å². The van der Waals surface area contributed by atoms with Crippen LogP contribution in [-0.4, -0.2) is 32.0 Å². The standard InChI is InChI=1S/C12H20N3O4P/c1-11-4-5-12(19-11)10-15-20(16,17-8-2-6-13)18-9-3-7-14/h11-12H,2-5,8-10H2,1H3,(H,15,16)/t11-,12-/m0/s1. The lowest BCUT2D eigenvalue weighted by molar-refractivity contribution is 0.0570. The number of ether oxygens (including phenoxy) is 1. The first-order valence-electron chi connectivity index (χ1n) is 6.63. The highest BCUT2D eigenvalue weighted by Gasteiger charge is 2.28. The molecule has 0 aliphatic carbocycles. The van der Waals surface area contributed by atoms with Crippen LogP contribution in [0, 0.1) is 22.7 Å². The van der Waals surface area contributed by atoms with Gasteiger partial charge in [0, 0.05) is 6.54 Å². The summed E-state index contributed by atoms with van der Waals surface area (Å²) in [5.74, 6) is 0. The van der Waals surface area contributed by atoms with Crippen LogP contribution in [0.5, 0.6) is 0 Å². The molecule has 8 heteroatoms. The lowest BCUT2D eigenvalue weighted by Crippen LogP contribution is -2.26. The fraction of sp³-hybridized carbons (Fsp3) is 0.833. The summed E-state index contributed by atoms with van der Waals surface area (Å²) in [6.45, 7) is 2.40. The van der Waals surface area contributed by atoms with Crippen LogP contribution in [0.1, 0.15) is 32.6 Å². The highest BCUT2D eigenvalue weighted by Crippen LogP contribution is 2.44. The monoisotopic (exact) mass is 301 g/mol. The molecule has 0 aromatic heterocycles. The molecule has 20 heavy (non-hydrogen) atoms. The van der Waals surface area contributed by atoms with Gasteiger partial charge in [0.25, 0.3) is 0 Å². The second-order valence-corrected chi connectivity index (χ2v) is 6.32. The molecule has 0 unspecified atom stereocenters. The number of hydrogen-bond acceptors (Lipinski definition) is 6. The topological polar surface area (TPSA) is 104 Å². The Morgan fingerprint density at radius 3 is 2.30 bits per heavy atom. The van der Waals surface area contributed by atoms with Crippen molar-refractivity contribution in [2.45, 2.75) is 44.8 Å². The van der Waals surface area contributed by atoms with Gasteiger partial charge in [-0.15, -0.1) is 0 Å². The molecule has 1 fully saturated rings. The van der Waals surface area contributed by atoms with Crippen molar-refractivity contribution in [1.29, 1.82) is 10.5 Å². The third kappa shape index (κ3) is 6.47. The van der Waals surface area contributed by atoms with Gasteiger partial charge >= 0.3 is 7.75 Å². The Bertz CT molecular complexity index is 394. The van der Waals surface area contributed by atoms with E-state index in [4.69, 9.17) is 24.3 Å². The first kappa shape index (κ1) is 17.1. The molecule has 1 aliphatic heterocycles. The van der Waals surface area contributed by atoms with Crippen LogP contribution in [-0.2, 0) is 18.3 Å². The van der Waals surface area contributed by atoms with Gasteiger partial charge in [0.1, 0.15) is 0 Å². The molecule has 7 nitrogen and oxygen atoms in total. The number of rotatable bonds is 9. The summed E-state index contributed by atoms with van der Waals surface area (Å²) in [5, 5.41) is 19.7.